The van der Waals surface area contributed by atoms with Gasteiger partial charge in [-0.15, -0.1) is 0 Å². The largest absolute Gasteiger partial charge is 0.481 e. The van der Waals surface area contributed by atoms with E-state index in [-0.39, 0.29) is 5.92 Å². The SMILES string of the molecule is CC1CC2CCCC(C2)C1C(C(=O)O)C(O)(C(F)(F)F)C(F)(F)F. The summed E-state index contributed by atoms with van der Waals surface area (Å²) in [6, 6.07) is 0. The summed E-state index contributed by atoms with van der Waals surface area (Å²) >= 11 is 0. The predicted molar refractivity (Wildman–Crippen MR) is 70.9 cm³/mol. The summed E-state index contributed by atoms with van der Waals surface area (Å²) in [5.74, 6) is -7.57. The van der Waals surface area contributed by atoms with Gasteiger partial charge in [-0.1, -0.05) is 26.2 Å². The number of aliphatic hydroxyl groups is 1. The molecule has 0 aromatic rings. The normalized spacial score (nSPS) is 33.2. The van der Waals surface area contributed by atoms with Crippen molar-refractivity contribution < 1.29 is 41.4 Å². The monoisotopic (exact) mass is 362 g/mol. The van der Waals surface area contributed by atoms with Crippen LogP contribution in [0, 0.1) is 29.6 Å². The molecule has 0 aromatic carbocycles. The zero-order chi connectivity index (χ0) is 18.5. The fraction of sp³-hybridized carbons (Fsp3) is 0.933. The first-order chi connectivity index (χ1) is 10.8. The maximum atomic E-state index is 13.2. The van der Waals surface area contributed by atoms with E-state index in [1.807, 2.05) is 0 Å². The molecule has 9 heteroatoms. The molecule has 2 saturated carbocycles. The van der Waals surface area contributed by atoms with Gasteiger partial charge in [-0.05, 0) is 36.5 Å². The van der Waals surface area contributed by atoms with Crippen molar-refractivity contribution in [3.8, 4) is 0 Å². The Labute approximate surface area is 135 Å². The second kappa shape index (κ2) is 6.07. The molecule has 2 aliphatic rings. The number of halogens is 6. The van der Waals surface area contributed by atoms with Crippen LogP contribution in [-0.4, -0.2) is 34.1 Å². The van der Waals surface area contributed by atoms with Gasteiger partial charge in [-0.25, -0.2) is 0 Å². The second-order valence-electron chi connectivity index (χ2n) is 7.16. The third kappa shape index (κ3) is 2.99. The van der Waals surface area contributed by atoms with E-state index < -0.39 is 47.6 Å². The van der Waals surface area contributed by atoms with E-state index in [4.69, 9.17) is 0 Å². The lowest BCUT2D eigenvalue weighted by Gasteiger charge is -2.50. The number of aliphatic carboxylic acids is 1. The van der Waals surface area contributed by atoms with Crippen LogP contribution < -0.4 is 0 Å². The molecule has 0 radical (unpaired) electrons. The van der Waals surface area contributed by atoms with E-state index >= 15 is 0 Å². The van der Waals surface area contributed by atoms with E-state index in [9.17, 15) is 41.4 Å². The molecule has 5 atom stereocenters. The molecular weight excluding hydrogens is 342 g/mol. The summed E-state index contributed by atoms with van der Waals surface area (Å²) in [5, 5.41) is 18.9. The molecule has 2 fully saturated rings. The molecule has 0 amide bonds. The molecule has 2 N–H and O–H groups in total. The van der Waals surface area contributed by atoms with Crippen molar-refractivity contribution in [1.29, 1.82) is 0 Å². The molecule has 0 spiro atoms. The van der Waals surface area contributed by atoms with Gasteiger partial charge < -0.3 is 10.2 Å². The van der Waals surface area contributed by atoms with Crippen LogP contribution >= 0.6 is 0 Å². The minimum Gasteiger partial charge on any atom is -0.481 e. The number of hydrogen-bond acceptors (Lipinski definition) is 2. The average Bonchev–Trinajstić information content (AvgIpc) is 2.39. The Hall–Kier alpha value is -0.990. The van der Waals surface area contributed by atoms with E-state index in [0.29, 0.717) is 25.7 Å². The van der Waals surface area contributed by atoms with Crippen LogP contribution in [0.5, 0.6) is 0 Å². The topological polar surface area (TPSA) is 57.5 Å². The highest BCUT2D eigenvalue weighted by atomic mass is 19.4. The quantitative estimate of drug-likeness (QED) is 0.746. The second-order valence-corrected chi connectivity index (χ2v) is 7.16. The average molecular weight is 362 g/mol. The van der Waals surface area contributed by atoms with Gasteiger partial charge in [-0.2, -0.15) is 26.3 Å². The molecule has 140 valence electrons. The summed E-state index contributed by atoms with van der Waals surface area (Å²) in [6.07, 6.45) is -9.54. The first kappa shape index (κ1) is 19.3. The first-order valence-corrected chi connectivity index (χ1v) is 7.89. The van der Waals surface area contributed by atoms with Crippen LogP contribution in [0.2, 0.25) is 0 Å². The zero-order valence-electron chi connectivity index (χ0n) is 13.0. The van der Waals surface area contributed by atoms with Crippen LogP contribution in [0.4, 0.5) is 26.3 Å². The molecule has 3 nitrogen and oxygen atoms in total. The molecule has 0 heterocycles. The highest BCUT2D eigenvalue weighted by Gasteiger charge is 2.77. The zero-order valence-corrected chi connectivity index (χ0v) is 13.0. The number of hydrogen-bond donors (Lipinski definition) is 2. The molecule has 0 saturated heterocycles. The van der Waals surface area contributed by atoms with Crippen LogP contribution in [0.15, 0.2) is 0 Å². The van der Waals surface area contributed by atoms with Gasteiger partial charge in [0.05, 0.1) is 0 Å². The number of carboxylic acids is 1. The van der Waals surface area contributed by atoms with Crippen molar-refractivity contribution in [2.24, 2.45) is 29.6 Å². The number of alkyl halides is 6. The van der Waals surface area contributed by atoms with Crippen molar-refractivity contribution in [2.75, 3.05) is 0 Å². The van der Waals surface area contributed by atoms with E-state index in [0.717, 1.165) is 6.42 Å². The molecule has 5 unspecified atom stereocenters. The molecule has 2 bridgehead atoms. The Morgan fingerprint density at radius 1 is 1.04 bits per heavy atom. The lowest BCUT2D eigenvalue weighted by molar-refractivity contribution is -0.389. The highest BCUT2D eigenvalue weighted by Crippen LogP contribution is 2.56. The Balaban J connectivity index is 2.53. The minimum absolute atomic E-state index is 0.203. The molecule has 0 aliphatic heterocycles. The highest BCUT2D eigenvalue weighted by molar-refractivity contribution is 5.72. The van der Waals surface area contributed by atoms with Crippen molar-refractivity contribution in [1.82, 2.24) is 0 Å². The van der Waals surface area contributed by atoms with Crippen molar-refractivity contribution in [3.05, 3.63) is 0 Å². The van der Waals surface area contributed by atoms with E-state index in [1.54, 1.807) is 0 Å². The van der Waals surface area contributed by atoms with Gasteiger partial charge in [0.2, 0.25) is 0 Å². The maximum absolute atomic E-state index is 13.2. The van der Waals surface area contributed by atoms with Gasteiger partial charge in [0.1, 0.15) is 5.92 Å². The minimum atomic E-state index is -6.13. The Bertz CT molecular complexity index is 471. The predicted octanol–water partition coefficient (Wildman–Crippen LogP) is 4.01. The van der Waals surface area contributed by atoms with Crippen LogP contribution in [0.1, 0.15) is 39.0 Å². The summed E-state index contributed by atoms with van der Waals surface area (Å²) in [4.78, 5) is 11.5. The van der Waals surface area contributed by atoms with Crippen LogP contribution in [-0.2, 0) is 4.79 Å². The molecular formula is C15H20F6O3. The van der Waals surface area contributed by atoms with Crippen LogP contribution in [0.25, 0.3) is 0 Å². The van der Waals surface area contributed by atoms with Crippen molar-refractivity contribution in [3.63, 3.8) is 0 Å². The molecule has 2 rings (SSSR count). The van der Waals surface area contributed by atoms with Gasteiger partial charge >= 0.3 is 18.3 Å². The number of fused-ring (bicyclic) bond motifs is 2. The first-order valence-electron chi connectivity index (χ1n) is 7.89. The summed E-state index contributed by atoms with van der Waals surface area (Å²) in [5.41, 5.74) is -5.25. The lowest BCUT2D eigenvalue weighted by Crippen LogP contribution is -2.66. The molecule has 0 aromatic heterocycles. The van der Waals surface area contributed by atoms with E-state index in [2.05, 4.69) is 0 Å². The van der Waals surface area contributed by atoms with Gasteiger partial charge in [0.15, 0.2) is 0 Å². The third-order valence-corrected chi connectivity index (χ3v) is 5.70. The van der Waals surface area contributed by atoms with Gasteiger partial charge in [0.25, 0.3) is 5.60 Å². The Morgan fingerprint density at radius 2 is 1.58 bits per heavy atom. The summed E-state index contributed by atoms with van der Waals surface area (Å²) in [6.45, 7) is 1.48. The summed E-state index contributed by atoms with van der Waals surface area (Å²) < 4.78 is 79.1. The fourth-order valence-electron chi connectivity index (χ4n) is 4.78. The molecule has 2 aliphatic carbocycles. The Morgan fingerprint density at radius 3 is 2.04 bits per heavy atom. The smallest absolute Gasteiger partial charge is 0.427 e. The van der Waals surface area contributed by atoms with Crippen molar-refractivity contribution >= 4 is 5.97 Å². The lowest BCUT2D eigenvalue weighted by atomic mass is 9.56. The van der Waals surface area contributed by atoms with Gasteiger partial charge in [0, 0.05) is 0 Å². The number of carboxylic acid groups (broad SMARTS) is 1. The summed E-state index contributed by atoms with van der Waals surface area (Å²) in [7, 11) is 0. The van der Waals surface area contributed by atoms with E-state index in [1.165, 1.54) is 6.92 Å². The fourth-order valence-corrected chi connectivity index (χ4v) is 4.78. The Kier molecular flexibility index (Phi) is 4.89. The van der Waals surface area contributed by atoms with Gasteiger partial charge in [-0.3, -0.25) is 4.79 Å². The maximum Gasteiger partial charge on any atom is 0.427 e. The number of carbonyl (C=O) groups is 1. The molecule has 24 heavy (non-hydrogen) atoms. The number of rotatable bonds is 3. The third-order valence-electron chi connectivity index (χ3n) is 5.70. The standard InChI is InChI=1S/C15H20F6O3/c1-7-5-8-3-2-4-9(6-8)10(7)11(12(22)23)13(24,14(16,17)18)15(19,20)21/h7-11,24H,2-6H2,1H3,(H,22,23). The van der Waals surface area contributed by atoms with Crippen LogP contribution in [0.3, 0.4) is 0 Å². The van der Waals surface area contributed by atoms with Crippen molar-refractivity contribution in [2.45, 2.75) is 57.0 Å².